The van der Waals surface area contributed by atoms with Gasteiger partial charge in [0.1, 0.15) is 0 Å². The van der Waals surface area contributed by atoms with Crippen LogP contribution >= 0.6 is 11.6 Å². The highest BCUT2D eigenvalue weighted by molar-refractivity contribution is 6.19. The molecular formula is C9H6ClN3. The zero-order valence-electron chi connectivity index (χ0n) is 6.71. The largest absolute Gasteiger partial charge is 0.343 e. The third-order valence-electron chi connectivity index (χ3n) is 1.57. The fourth-order valence-electron chi connectivity index (χ4n) is 1.03. The molecule has 0 atom stereocenters. The van der Waals surface area contributed by atoms with Gasteiger partial charge in [0.15, 0.2) is 5.65 Å². The number of halogens is 1. The van der Waals surface area contributed by atoms with Gasteiger partial charge in [-0.15, -0.1) is 11.6 Å². The fraction of sp³-hybridized carbons (Fsp3) is 0.111. The van der Waals surface area contributed by atoms with E-state index in [-0.39, 0.29) is 0 Å². The van der Waals surface area contributed by atoms with Crippen LogP contribution < -0.4 is 0 Å². The van der Waals surface area contributed by atoms with E-state index in [4.69, 9.17) is 11.6 Å². The molecule has 0 aliphatic heterocycles. The summed E-state index contributed by atoms with van der Waals surface area (Å²) in [6, 6.07) is 1.90. The van der Waals surface area contributed by atoms with E-state index >= 15 is 0 Å². The Labute approximate surface area is 80.2 Å². The zero-order valence-corrected chi connectivity index (χ0v) is 7.47. The molecule has 2 aromatic rings. The summed E-state index contributed by atoms with van der Waals surface area (Å²) in [6.45, 7) is 0. The van der Waals surface area contributed by atoms with Gasteiger partial charge in [-0.05, 0) is 6.07 Å². The molecule has 0 amide bonds. The summed E-state index contributed by atoms with van der Waals surface area (Å²) >= 11 is 5.43. The summed E-state index contributed by atoms with van der Waals surface area (Å²) in [4.78, 5) is 11.1. The van der Waals surface area contributed by atoms with Crippen LogP contribution in [0.1, 0.15) is 5.56 Å². The molecule has 0 fully saturated rings. The Morgan fingerprint density at radius 2 is 2.38 bits per heavy atom. The number of alkyl halides is 1. The average molecular weight is 192 g/mol. The molecule has 0 unspecified atom stereocenters. The Morgan fingerprint density at radius 1 is 1.46 bits per heavy atom. The van der Waals surface area contributed by atoms with Crippen molar-refractivity contribution in [2.75, 3.05) is 5.88 Å². The number of nitrogens with zero attached hydrogens (tertiary/aromatic N) is 2. The van der Waals surface area contributed by atoms with Crippen LogP contribution in [0.5, 0.6) is 0 Å². The lowest BCUT2D eigenvalue weighted by molar-refractivity contribution is 1.30. The van der Waals surface area contributed by atoms with E-state index in [9.17, 15) is 0 Å². The van der Waals surface area contributed by atoms with Gasteiger partial charge in [-0.2, -0.15) is 0 Å². The Kier molecular flexibility index (Phi) is 2.15. The van der Waals surface area contributed by atoms with Gasteiger partial charge in [-0.25, -0.2) is 9.97 Å². The predicted molar refractivity (Wildman–Crippen MR) is 51.5 cm³/mol. The lowest BCUT2D eigenvalue weighted by atomic mass is 10.3. The van der Waals surface area contributed by atoms with E-state index in [1.54, 1.807) is 12.5 Å². The number of pyridine rings is 1. The van der Waals surface area contributed by atoms with Crippen LogP contribution in [0.3, 0.4) is 0 Å². The van der Waals surface area contributed by atoms with Crippen LogP contribution in [-0.2, 0) is 0 Å². The first kappa shape index (κ1) is 8.09. The Hall–Kier alpha value is -1.53. The van der Waals surface area contributed by atoms with Crippen molar-refractivity contribution < 1.29 is 0 Å². The summed E-state index contributed by atoms with van der Waals surface area (Å²) in [5.74, 6) is 5.98. The normalized spacial score (nSPS) is 9.62. The third-order valence-corrected chi connectivity index (χ3v) is 1.71. The molecule has 2 rings (SSSR count). The molecule has 3 nitrogen and oxygen atoms in total. The summed E-state index contributed by atoms with van der Waals surface area (Å²) in [7, 11) is 0. The van der Waals surface area contributed by atoms with Gasteiger partial charge in [0.25, 0.3) is 0 Å². The minimum atomic E-state index is 0.334. The van der Waals surface area contributed by atoms with E-state index in [0.717, 1.165) is 11.1 Å². The van der Waals surface area contributed by atoms with E-state index < -0.39 is 0 Å². The van der Waals surface area contributed by atoms with Gasteiger partial charge < -0.3 is 4.98 Å². The molecule has 2 aromatic heterocycles. The topological polar surface area (TPSA) is 41.6 Å². The molecule has 0 saturated carbocycles. The van der Waals surface area contributed by atoms with Crippen molar-refractivity contribution >= 4 is 22.8 Å². The highest BCUT2D eigenvalue weighted by atomic mass is 35.5. The zero-order chi connectivity index (χ0) is 9.10. The van der Waals surface area contributed by atoms with Gasteiger partial charge in [-0.3, -0.25) is 0 Å². The third kappa shape index (κ3) is 1.63. The molecule has 64 valence electrons. The van der Waals surface area contributed by atoms with Gasteiger partial charge >= 0.3 is 0 Å². The van der Waals surface area contributed by atoms with Gasteiger partial charge in [0.05, 0.1) is 17.7 Å². The number of H-pyrrole nitrogens is 1. The van der Waals surface area contributed by atoms with Crippen LogP contribution in [-0.4, -0.2) is 20.8 Å². The Morgan fingerprint density at radius 3 is 3.23 bits per heavy atom. The summed E-state index contributed by atoms with van der Waals surface area (Å²) in [5, 5.41) is 0. The fourth-order valence-corrected chi connectivity index (χ4v) is 1.10. The van der Waals surface area contributed by atoms with Crippen molar-refractivity contribution in [1.82, 2.24) is 15.0 Å². The van der Waals surface area contributed by atoms with Crippen LogP contribution in [0.25, 0.3) is 11.2 Å². The van der Waals surface area contributed by atoms with Gasteiger partial charge in [-0.1, -0.05) is 11.8 Å². The highest BCUT2D eigenvalue weighted by Crippen LogP contribution is 2.06. The second kappa shape index (κ2) is 3.46. The van der Waals surface area contributed by atoms with Crippen molar-refractivity contribution in [1.29, 1.82) is 0 Å². The molecular weight excluding hydrogens is 186 g/mol. The number of aromatic nitrogens is 3. The average Bonchev–Trinajstić information content (AvgIpc) is 2.61. The number of hydrogen-bond donors (Lipinski definition) is 1. The summed E-state index contributed by atoms with van der Waals surface area (Å²) in [6.07, 6.45) is 3.29. The Balaban J connectivity index is 2.48. The number of rotatable bonds is 0. The predicted octanol–water partition coefficient (Wildman–Crippen LogP) is 1.55. The molecule has 0 aliphatic rings. The van der Waals surface area contributed by atoms with Crippen LogP contribution in [0.4, 0.5) is 0 Å². The molecule has 0 spiro atoms. The van der Waals surface area contributed by atoms with Crippen molar-refractivity contribution in [3.05, 3.63) is 24.2 Å². The Bertz CT molecular complexity index is 478. The molecule has 1 N–H and O–H groups in total. The van der Waals surface area contributed by atoms with E-state index in [0.29, 0.717) is 11.5 Å². The van der Waals surface area contributed by atoms with Crippen molar-refractivity contribution in [2.24, 2.45) is 0 Å². The SMILES string of the molecule is ClCC#Cc1cnc2nc[nH]c2c1. The minimum absolute atomic E-state index is 0.334. The highest BCUT2D eigenvalue weighted by Gasteiger charge is 1.96. The number of imidazole rings is 1. The molecule has 0 radical (unpaired) electrons. The molecule has 2 heterocycles. The van der Waals surface area contributed by atoms with E-state index in [2.05, 4.69) is 26.8 Å². The maximum absolute atomic E-state index is 5.43. The quantitative estimate of drug-likeness (QED) is 0.507. The first-order valence-corrected chi connectivity index (χ1v) is 4.27. The van der Waals surface area contributed by atoms with Crippen LogP contribution in [0.15, 0.2) is 18.6 Å². The monoisotopic (exact) mass is 191 g/mol. The number of aromatic amines is 1. The first-order valence-electron chi connectivity index (χ1n) is 3.74. The number of hydrogen-bond acceptors (Lipinski definition) is 2. The lowest BCUT2D eigenvalue weighted by Gasteiger charge is -1.88. The van der Waals surface area contributed by atoms with Crippen LogP contribution in [0, 0.1) is 11.8 Å². The maximum Gasteiger partial charge on any atom is 0.177 e. The number of nitrogens with one attached hydrogen (secondary N) is 1. The van der Waals surface area contributed by atoms with Gasteiger partial charge in [0.2, 0.25) is 0 Å². The molecule has 0 aliphatic carbocycles. The van der Waals surface area contributed by atoms with E-state index in [1.165, 1.54) is 0 Å². The molecule has 13 heavy (non-hydrogen) atoms. The smallest absolute Gasteiger partial charge is 0.177 e. The van der Waals surface area contributed by atoms with E-state index in [1.807, 2.05) is 6.07 Å². The second-order valence-electron chi connectivity index (χ2n) is 2.43. The van der Waals surface area contributed by atoms with Crippen LogP contribution in [0.2, 0.25) is 0 Å². The maximum atomic E-state index is 5.43. The molecule has 0 saturated heterocycles. The molecule has 0 bridgehead atoms. The van der Waals surface area contributed by atoms with Gasteiger partial charge in [0, 0.05) is 11.8 Å². The lowest BCUT2D eigenvalue weighted by Crippen LogP contribution is -1.80. The van der Waals surface area contributed by atoms with Crippen molar-refractivity contribution in [3.8, 4) is 11.8 Å². The number of fused-ring (bicyclic) bond motifs is 1. The minimum Gasteiger partial charge on any atom is -0.343 e. The first-order chi connectivity index (χ1) is 6.40. The van der Waals surface area contributed by atoms with Crippen molar-refractivity contribution in [3.63, 3.8) is 0 Å². The molecule has 0 aromatic carbocycles. The molecule has 4 heteroatoms. The van der Waals surface area contributed by atoms with Crippen molar-refractivity contribution in [2.45, 2.75) is 0 Å². The standard InChI is InChI=1S/C9H6ClN3/c10-3-1-2-7-4-8-9(11-5-7)13-6-12-8/h4-6H,3H2,(H,11,12,13). The summed E-state index contributed by atoms with van der Waals surface area (Å²) in [5.41, 5.74) is 2.44. The second-order valence-corrected chi connectivity index (χ2v) is 2.70. The summed E-state index contributed by atoms with van der Waals surface area (Å²) < 4.78 is 0.